The molecule has 0 amide bonds. The molecule has 4 rings (SSSR count). The molecule has 34 heavy (non-hydrogen) atoms. The molecule has 1 aromatic heterocycles. The highest BCUT2D eigenvalue weighted by Gasteiger charge is 2.34. The Morgan fingerprint density at radius 1 is 1.21 bits per heavy atom. The molecule has 1 atom stereocenters. The van der Waals surface area contributed by atoms with E-state index in [-0.39, 0.29) is 5.75 Å². The maximum atomic E-state index is 10.4. The summed E-state index contributed by atoms with van der Waals surface area (Å²) in [6, 6.07) is 12.8. The lowest BCUT2D eigenvalue weighted by Crippen LogP contribution is -2.47. The van der Waals surface area contributed by atoms with Crippen LogP contribution >= 0.6 is 24.0 Å². The number of nitrogens with one attached hydrogen (secondary N) is 1. The number of allylic oxidation sites excluding steroid dienone is 1. The highest BCUT2D eigenvalue weighted by Crippen LogP contribution is 2.39. The SMILES string of the molecule is COCCN1C(=S)NC(c2ccc(OC)c(O)c2)C(c2nc(-c3ccc(SC)cc3)no2)=C1C. The summed E-state index contributed by atoms with van der Waals surface area (Å²) >= 11 is 7.33. The lowest BCUT2D eigenvalue weighted by atomic mass is 9.94. The van der Waals surface area contributed by atoms with Crippen LogP contribution in [0.5, 0.6) is 11.5 Å². The minimum Gasteiger partial charge on any atom is -0.504 e. The van der Waals surface area contributed by atoms with Gasteiger partial charge in [-0.2, -0.15) is 4.98 Å². The summed E-state index contributed by atoms with van der Waals surface area (Å²) in [5.74, 6) is 1.29. The number of methoxy groups -OCH3 is 2. The van der Waals surface area contributed by atoms with Crippen LogP contribution in [0.3, 0.4) is 0 Å². The van der Waals surface area contributed by atoms with Gasteiger partial charge in [0.2, 0.25) is 5.82 Å². The number of rotatable bonds is 8. The number of hydrogen-bond acceptors (Lipinski definition) is 8. The number of hydrogen-bond donors (Lipinski definition) is 2. The molecule has 3 aromatic rings. The molecule has 0 radical (unpaired) electrons. The molecule has 0 fully saturated rings. The average molecular weight is 499 g/mol. The fourth-order valence-electron chi connectivity index (χ4n) is 3.84. The van der Waals surface area contributed by atoms with Crippen molar-refractivity contribution in [3.63, 3.8) is 0 Å². The van der Waals surface area contributed by atoms with E-state index in [1.54, 1.807) is 31.0 Å². The van der Waals surface area contributed by atoms with E-state index in [9.17, 15) is 5.11 Å². The van der Waals surface area contributed by atoms with Gasteiger partial charge in [0.15, 0.2) is 16.6 Å². The molecule has 0 aliphatic carbocycles. The van der Waals surface area contributed by atoms with E-state index in [1.807, 2.05) is 48.4 Å². The third-order valence-electron chi connectivity index (χ3n) is 5.66. The fourth-order valence-corrected chi connectivity index (χ4v) is 4.59. The van der Waals surface area contributed by atoms with Gasteiger partial charge in [-0.05, 0) is 67.4 Å². The van der Waals surface area contributed by atoms with Crippen LogP contribution in [0.4, 0.5) is 0 Å². The zero-order chi connectivity index (χ0) is 24.2. The second kappa shape index (κ2) is 10.5. The van der Waals surface area contributed by atoms with Crippen LogP contribution in [0, 0.1) is 0 Å². The molecule has 0 saturated carbocycles. The van der Waals surface area contributed by atoms with E-state index in [0.29, 0.717) is 35.7 Å². The molecule has 178 valence electrons. The topological polar surface area (TPSA) is 92.9 Å². The van der Waals surface area contributed by atoms with Gasteiger partial charge in [-0.15, -0.1) is 11.8 Å². The zero-order valence-corrected chi connectivity index (χ0v) is 21.0. The van der Waals surface area contributed by atoms with E-state index in [4.69, 9.17) is 31.2 Å². The molecular weight excluding hydrogens is 472 g/mol. The molecule has 2 aromatic carbocycles. The number of aromatic hydroxyl groups is 1. The standard InChI is InChI=1S/C24H26N4O4S2/c1-14-20(23-26-22(27-32-23)15-5-8-17(34-4)9-6-15)21(25-24(33)28(14)11-12-30-2)16-7-10-19(31-3)18(29)13-16/h5-10,13,21,29H,11-12H2,1-4H3,(H,25,33). The lowest BCUT2D eigenvalue weighted by molar-refractivity contribution is 0.183. The van der Waals surface area contributed by atoms with Gasteiger partial charge in [0.1, 0.15) is 0 Å². The van der Waals surface area contributed by atoms with Gasteiger partial charge in [0.25, 0.3) is 5.89 Å². The Hall–Kier alpha value is -3.08. The molecule has 8 nitrogen and oxygen atoms in total. The minimum atomic E-state index is -0.407. The second-order valence-corrected chi connectivity index (χ2v) is 8.88. The Morgan fingerprint density at radius 2 is 1.97 bits per heavy atom. The van der Waals surface area contributed by atoms with Crippen LogP contribution in [0.2, 0.25) is 0 Å². The van der Waals surface area contributed by atoms with E-state index in [0.717, 1.165) is 27.3 Å². The van der Waals surface area contributed by atoms with Crippen molar-refractivity contribution in [1.29, 1.82) is 0 Å². The first kappa shape index (κ1) is 24.1. The Balaban J connectivity index is 1.78. The van der Waals surface area contributed by atoms with Gasteiger partial charge in [-0.1, -0.05) is 11.2 Å². The largest absolute Gasteiger partial charge is 0.504 e. The van der Waals surface area contributed by atoms with Crippen LogP contribution in [0.1, 0.15) is 24.4 Å². The van der Waals surface area contributed by atoms with E-state index >= 15 is 0 Å². The van der Waals surface area contributed by atoms with E-state index < -0.39 is 6.04 Å². The smallest absolute Gasteiger partial charge is 0.258 e. The number of thioether (sulfide) groups is 1. The monoisotopic (exact) mass is 498 g/mol. The van der Waals surface area contributed by atoms with Crippen LogP contribution in [-0.4, -0.2) is 58.9 Å². The predicted octanol–water partition coefficient (Wildman–Crippen LogP) is 4.48. The third kappa shape index (κ3) is 4.75. The molecule has 1 unspecified atom stereocenters. The van der Waals surface area contributed by atoms with Gasteiger partial charge in [0.05, 0.1) is 25.3 Å². The Kier molecular flexibility index (Phi) is 7.40. The lowest BCUT2D eigenvalue weighted by Gasteiger charge is -2.37. The van der Waals surface area contributed by atoms with Gasteiger partial charge < -0.3 is 29.3 Å². The number of phenols is 1. The summed E-state index contributed by atoms with van der Waals surface area (Å²) in [7, 11) is 3.16. The summed E-state index contributed by atoms with van der Waals surface area (Å²) < 4.78 is 16.2. The number of benzene rings is 2. The number of phenolic OH excluding ortho intramolecular Hbond substituents is 1. The van der Waals surface area contributed by atoms with Crippen LogP contribution in [-0.2, 0) is 4.74 Å². The summed E-state index contributed by atoms with van der Waals surface area (Å²) in [5, 5.41) is 18.5. The average Bonchev–Trinajstić information content (AvgIpc) is 3.33. The Morgan fingerprint density at radius 3 is 2.62 bits per heavy atom. The maximum absolute atomic E-state index is 10.4. The second-order valence-electron chi connectivity index (χ2n) is 7.61. The van der Waals surface area contributed by atoms with Crippen LogP contribution in [0.25, 0.3) is 17.0 Å². The van der Waals surface area contributed by atoms with Crippen LogP contribution < -0.4 is 10.1 Å². The van der Waals surface area contributed by atoms with Crippen molar-refractivity contribution in [1.82, 2.24) is 20.4 Å². The summed E-state index contributed by atoms with van der Waals surface area (Å²) in [6.45, 7) is 3.03. The molecular formula is C24H26N4O4S2. The maximum Gasteiger partial charge on any atom is 0.258 e. The number of nitrogens with zero attached hydrogens (tertiary/aromatic N) is 3. The highest BCUT2D eigenvalue weighted by atomic mass is 32.2. The number of thiocarbonyl (C=S) groups is 1. The first-order chi connectivity index (χ1) is 16.5. The van der Waals surface area contributed by atoms with Crippen molar-refractivity contribution >= 4 is 34.7 Å². The molecule has 1 aliphatic heterocycles. The first-order valence-electron chi connectivity index (χ1n) is 10.6. The Labute approximate surface area is 207 Å². The number of ether oxygens (including phenoxy) is 2. The van der Waals surface area contributed by atoms with Crippen molar-refractivity contribution in [2.45, 2.75) is 17.9 Å². The summed E-state index contributed by atoms with van der Waals surface area (Å²) in [5.41, 5.74) is 3.29. The zero-order valence-electron chi connectivity index (χ0n) is 19.4. The van der Waals surface area contributed by atoms with Gasteiger partial charge in [-0.3, -0.25) is 0 Å². The van der Waals surface area contributed by atoms with Crippen molar-refractivity contribution in [3.8, 4) is 22.9 Å². The molecule has 0 saturated heterocycles. The molecule has 2 N–H and O–H groups in total. The van der Waals surface area contributed by atoms with Gasteiger partial charge in [0, 0.05) is 29.8 Å². The van der Waals surface area contributed by atoms with E-state index in [1.165, 1.54) is 7.11 Å². The highest BCUT2D eigenvalue weighted by molar-refractivity contribution is 7.98. The third-order valence-corrected chi connectivity index (χ3v) is 6.74. The quantitative estimate of drug-likeness (QED) is 0.342. The minimum absolute atomic E-state index is 0.0339. The molecule has 10 heteroatoms. The molecule has 0 bridgehead atoms. The summed E-state index contributed by atoms with van der Waals surface area (Å²) in [6.07, 6.45) is 2.03. The molecule has 0 spiro atoms. The van der Waals surface area contributed by atoms with Crippen molar-refractivity contribution in [2.24, 2.45) is 0 Å². The number of aromatic nitrogens is 2. The van der Waals surface area contributed by atoms with E-state index in [2.05, 4.69) is 10.5 Å². The molecule has 2 heterocycles. The van der Waals surface area contributed by atoms with Gasteiger partial charge >= 0.3 is 0 Å². The predicted molar refractivity (Wildman–Crippen MR) is 136 cm³/mol. The van der Waals surface area contributed by atoms with Crippen molar-refractivity contribution in [3.05, 3.63) is 59.6 Å². The Bertz CT molecular complexity index is 1210. The summed E-state index contributed by atoms with van der Waals surface area (Å²) in [4.78, 5) is 7.82. The first-order valence-corrected chi connectivity index (χ1v) is 12.2. The van der Waals surface area contributed by atoms with Crippen LogP contribution in [0.15, 0.2) is 57.6 Å². The normalized spacial score (nSPS) is 16.1. The van der Waals surface area contributed by atoms with Crippen molar-refractivity contribution < 1.29 is 19.1 Å². The van der Waals surface area contributed by atoms with Crippen molar-refractivity contribution in [2.75, 3.05) is 33.6 Å². The fraction of sp³-hybridized carbons (Fsp3) is 0.292. The van der Waals surface area contributed by atoms with Gasteiger partial charge in [-0.25, -0.2) is 0 Å². The molecule has 1 aliphatic rings.